The summed E-state index contributed by atoms with van der Waals surface area (Å²) in [6.45, 7) is 5.51. The van der Waals surface area contributed by atoms with E-state index in [1.807, 2.05) is 0 Å². The largest absolute Gasteiger partial charge is 0.462 e. The van der Waals surface area contributed by atoms with Crippen LogP contribution in [0, 0.1) is 23.7 Å². The van der Waals surface area contributed by atoms with Crippen LogP contribution in [0.4, 0.5) is 0 Å². The first-order chi connectivity index (χ1) is 10.0. The van der Waals surface area contributed by atoms with E-state index >= 15 is 0 Å². The highest BCUT2D eigenvalue weighted by atomic mass is 16.6. The molecule has 21 heavy (non-hydrogen) atoms. The van der Waals surface area contributed by atoms with E-state index < -0.39 is 5.97 Å². The first kappa shape index (κ1) is 14.6. The van der Waals surface area contributed by atoms with Crippen molar-refractivity contribution >= 4 is 11.9 Å². The van der Waals surface area contributed by atoms with Gasteiger partial charge in [-0.2, -0.15) is 0 Å². The van der Waals surface area contributed by atoms with Crippen LogP contribution in [-0.4, -0.2) is 24.1 Å². The van der Waals surface area contributed by atoms with Crippen LogP contribution < -0.4 is 0 Å². The molecule has 0 saturated heterocycles. The Bertz CT molecular complexity index is 426. The van der Waals surface area contributed by atoms with Crippen LogP contribution in [0.5, 0.6) is 0 Å². The van der Waals surface area contributed by atoms with Gasteiger partial charge in [0.2, 0.25) is 0 Å². The fourth-order valence-electron chi connectivity index (χ4n) is 4.88. The van der Waals surface area contributed by atoms with Crippen molar-refractivity contribution in [1.29, 1.82) is 0 Å². The molecular weight excluding hydrogens is 268 g/mol. The van der Waals surface area contributed by atoms with Crippen LogP contribution in [0.2, 0.25) is 0 Å². The van der Waals surface area contributed by atoms with Gasteiger partial charge in [0, 0.05) is 6.08 Å². The minimum atomic E-state index is -0.497. The van der Waals surface area contributed by atoms with E-state index in [-0.39, 0.29) is 24.6 Å². The Hall–Kier alpha value is -1.32. The highest BCUT2D eigenvalue weighted by Gasteiger charge is 2.56. The van der Waals surface area contributed by atoms with Crippen molar-refractivity contribution in [3.63, 3.8) is 0 Å². The van der Waals surface area contributed by atoms with Gasteiger partial charge in [0.05, 0.1) is 6.42 Å². The monoisotopic (exact) mass is 292 g/mol. The number of carbonyl (C=O) groups is 2. The number of ether oxygens (including phenoxy) is 2. The average molecular weight is 292 g/mol. The molecule has 0 unspecified atom stereocenters. The molecular formula is C17H24O4. The summed E-state index contributed by atoms with van der Waals surface area (Å²) in [5.74, 6) is 2.01. The number of esters is 2. The van der Waals surface area contributed by atoms with Crippen molar-refractivity contribution < 1.29 is 19.1 Å². The second-order valence-electron chi connectivity index (χ2n) is 7.08. The lowest BCUT2D eigenvalue weighted by atomic mass is 9.50. The molecule has 0 spiro atoms. The van der Waals surface area contributed by atoms with Crippen LogP contribution in [0.1, 0.15) is 45.4 Å². The molecule has 0 aromatic heterocycles. The topological polar surface area (TPSA) is 52.6 Å². The molecule has 4 aliphatic carbocycles. The zero-order valence-electron chi connectivity index (χ0n) is 12.7. The maximum Gasteiger partial charge on any atom is 0.330 e. The molecule has 4 rings (SSSR count). The molecule has 0 radical (unpaired) electrons. The van der Waals surface area contributed by atoms with Gasteiger partial charge in [0.15, 0.2) is 0 Å². The molecule has 0 heterocycles. The van der Waals surface area contributed by atoms with Crippen LogP contribution in [0.25, 0.3) is 0 Å². The van der Waals surface area contributed by atoms with E-state index in [4.69, 9.17) is 9.47 Å². The zero-order valence-corrected chi connectivity index (χ0v) is 12.7. The quantitative estimate of drug-likeness (QED) is 0.577. The average Bonchev–Trinajstić information content (AvgIpc) is 2.44. The predicted molar refractivity (Wildman–Crippen MR) is 77.3 cm³/mol. The fraction of sp³-hybridized carbons (Fsp3) is 0.765. The van der Waals surface area contributed by atoms with Gasteiger partial charge in [-0.05, 0) is 62.7 Å². The van der Waals surface area contributed by atoms with Crippen molar-refractivity contribution in [1.82, 2.24) is 0 Å². The summed E-state index contributed by atoms with van der Waals surface area (Å²) in [5.41, 5.74) is -0.299. The third-order valence-electron chi connectivity index (χ3n) is 5.81. The summed E-state index contributed by atoms with van der Waals surface area (Å²) in [7, 11) is 0. The SMILES string of the molecule is C=CC(=O)OCCC(=O)OC1(C)C2CC3CC(C2)CC1C3. The molecule has 4 aliphatic rings. The smallest absolute Gasteiger partial charge is 0.330 e. The maximum absolute atomic E-state index is 12.1. The Morgan fingerprint density at radius 3 is 2.24 bits per heavy atom. The molecule has 4 bridgehead atoms. The molecule has 0 N–H and O–H groups in total. The van der Waals surface area contributed by atoms with Crippen molar-refractivity contribution in [2.24, 2.45) is 23.7 Å². The van der Waals surface area contributed by atoms with Gasteiger partial charge in [-0.15, -0.1) is 0 Å². The molecule has 0 aromatic carbocycles. The van der Waals surface area contributed by atoms with Gasteiger partial charge in [-0.1, -0.05) is 6.58 Å². The first-order valence-corrected chi connectivity index (χ1v) is 8.02. The third-order valence-corrected chi connectivity index (χ3v) is 5.81. The molecule has 4 fully saturated rings. The molecule has 0 amide bonds. The van der Waals surface area contributed by atoms with Crippen molar-refractivity contribution in [3.8, 4) is 0 Å². The second kappa shape index (κ2) is 5.47. The lowest BCUT2D eigenvalue weighted by molar-refractivity contribution is -0.203. The molecule has 0 aliphatic heterocycles. The van der Waals surface area contributed by atoms with Crippen molar-refractivity contribution in [3.05, 3.63) is 12.7 Å². The standard InChI is InChI=1S/C17H24O4/c1-3-15(18)20-5-4-16(19)21-17(2)13-7-11-6-12(9-13)10-14(17)8-11/h3,11-14H,1,4-10H2,2H3. The predicted octanol–water partition coefficient (Wildman–Crippen LogP) is 2.86. The number of hydrogen-bond acceptors (Lipinski definition) is 4. The van der Waals surface area contributed by atoms with E-state index in [1.54, 1.807) is 0 Å². The molecule has 4 saturated carbocycles. The maximum atomic E-state index is 12.1. The highest BCUT2D eigenvalue weighted by molar-refractivity contribution is 5.81. The van der Waals surface area contributed by atoms with Gasteiger partial charge in [-0.25, -0.2) is 4.79 Å². The summed E-state index contributed by atoms with van der Waals surface area (Å²) >= 11 is 0. The summed E-state index contributed by atoms with van der Waals surface area (Å²) in [6.07, 6.45) is 7.45. The van der Waals surface area contributed by atoms with Gasteiger partial charge in [0.25, 0.3) is 0 Å². The first-order valence-electron chi connectivity index (χ1n) is 8.02. The summed E-state index contributed by atoms with van der Waals surface area (Å²) < 4.78 is 10.7. The minimum Gasteiger partial charge on any atom is -0.462 e. The van der Waals surface area contributed by atoms with Gasteiger partial charge in [-0.3, -0.25) is 4.79 Å². The molecule has 0 atom stereocenters. The zero-order chi connectivity index (χ0) is 15.0. The Morgan fingerprint density at radius 1 is 1.14 bits per heavy atom. The Morgan fingerprint density at radius 2 is 1.71 bits per heavy atom. The van der Waals surface area contributed by atoms with Crippen LogP contribution >= 0.6 is 0 Å². The van der Waals surface area contributed by atoms with E-state index in [2.05, 4.69) is 13.5 Å². The van der Waals surface area contributed by atoms with E-state index in [0.29, 0.717) is 11.8 Å². The Balaban J connectivity index is 1.55. The summed E-state index contributed by atoms with van der Waals surface area (Å²) in [4.78, 5) is 23.0. The highest BCUT2D eigenvalue weighted by Crippen LogP contribution is 2.59. The summed E-state index contributed by atoms with van der Waals surface area (Å²) in [6, 6.07) is 0. The van der Waals surface area contributed by atoms with Crippen LogP contribution in [0.15, 0.2) is 12.7 Å². The van der Waals surface area contributed by atoms with Crippen molar-refractivity contribution in [2.45, 2.75) is 51.0 Å². The lowest BCUT2D eigenvalue weighted by Gasteiger charge is -2.59. The third kappa shape index (κ3) is 2.72. The normalized spacial score (nSPS) is 39.9. The van der Waals surface area contributed by atoms with Gasteiger partial charge >= 0.3 is 11.9 Å². The minimum absolute atomic E-state index is 0.0698. The van der Waals surface area contributed by atoms with Crippen LogP contribution in [0.3, 0.4) is 0 Å². The molecule has 116 valence electrons. The van der Waals surface area contributed by atoms with E-state index in [1.165, 1.54) is 32.1 Å². The van der Waals surface area contributed by atoms with Crippen LogP contribution in [-0.2, 0) is 19.1 Å². The number of hydrogen-bond donors (Lipinski definition) is 0. The van der Waals surface area contributed by atoms with Gasteiger partial charge in [0.1, 0.15) is 12.2 Å². The van der Waals surface area contributed by atoms with Crippen molar-refractivity contribution in [2.75, 3.05) is 6.61 Å². The Kier molecular flexibility index (Phi) is 3.80. The Labute approximate surface area is 125 Å². The van der Waals surface area contributed by atoms with Gasteiger partial charge < -0.3 is 9.47 Å². The number of rotatable bonds is 5. The molecule has 0 aromatic rings. The van der Waals surface area contributed by atoms with E-state index in [0.717, 1.165) is 17.9 Å². The lowest BCUT2D eigenvalue weighted by Crippen LogP contribution is -2.58. The van der Waals surface area contributed by atoms with E-state index in [9.17, 15) is 9.59 Å². The summed E-state index contributed by atoms with van der Waals surface area (Å²) in [5, 5.41) is 0. The second-order valence-corrected chi connectivity index (χ2v) is 7.08. The number of carbonyl (C=O) groups excluding carboxylic acids is 2. The molecule has 4 heteroatoms. The molecule has 4 nitrogen and oxygen atoms in total. The fourth-order valence-corrected chi connectivity index (χ4v) is 4.88.